The maximum atomic E-state index is 13.7. The highest BCUT2D eigenvalue weighted by Crippen LogP contribution is 2.34. The summed E-state index contributed by atoms with van der Waals surface area (Å²) in [6, 6.07) is 23.1. The fourth-order valence-corrected chi connectivity index (χ4v) is 4.37. The molecule has 3 aromatic carbocycles. The molecule has 1 amide bonds. The van der Waals surface area contributed by atoms with Crippen molar-refractivity contribution in [3.63, 3.8) is 0 Å². The van der Waals surface area contributed by atoms with Crippen molar-refractivity contribution in [3.8, 4) is 34.3 Å². The second-order valence-corrected chi connectivity index (χ2v) is 8.83. The molecule has 1 aliphatic rings. The molecule has 0 aliphatic carbocycles. The molecule has 2 heterocycles. The van der Waals surface area contributed by atoms with Crippen LogP contribution in [0.3, 0.4) is 0 Å². The van der Waals surface area contributed by atoms with Crippen LogP contribution >= 0.6 is 0 Å². The Kier molecular flexibility index (Phi) is 6.98. The molecule has 0 radical (unpaired) electrons. The van der Waals surface area contributed by atoms with Gasteiger partial charge in [0.05, 0.1) is 32.9 Å². The van der Waals surface area contributed by atoms with Gasteiger partial charge in [-0.15, -0.1) is 0 Å². The Morgan fingerprint density at radius 1 is 1.00 bits per heavy atom. The Hall–Kier alpha value is -4.46. The van der Waals surface area contributed by atoms with Gasteiger partial charge in [0, 0.05) is 18.8 Å². The van der Waals surface area contributed by atoms with Crippen LogP contribution in [0.1, 0.15) is 15.9 Å². The van der Waals surface area contributed by atoms with E-state index >= 15 is 0 Å². The van der Waals surface area contributed by atoms with Crippen LogP contribution in [0.15, 0.2) is 79.0 Å². The van der Waals surface area contributed by atoms with Crippen molar-refractivity contribution in [2.75, 3.05) is 34.4 Å². The predicted molar refractivity (Wildman–Crippen MR) is 140 cm³/mol. The molecule has 5 rings (SSSR count). The Morgan fingerprint density at radius 3 is 2.49 bits per heavy atom. The molecule has 1 aliphatic heterocycles. The van der Waals surface area contributed by atoms with Crippen molar-refractivity contribution in [2.45, 2.75) is 12.6 Å². The van der Waals surface area contributed by atoms with Crippen molar-refractivity contribution < 1.29 is 23.7 Å². The zero-order valence-corrected chi connectivity index (χ0v) is 21.1. The smallest absolute Gasteiger partial charge is 0.257 e. The summed E-state index contributed by atoms with van der Waals surface area (Å²) in [4.78, 5) is 15.4. The van der Waals surface area contributed by atoms with Gasteiger partial charge in [-0.25, -0.2) is 0 Å². The number of hydrogen-bond donors (Lipinski definition) is 0. The van der Waals surface area contributed by atoms with Gasteiger partial charge >= 0.3 is 0 Å². The molecular formula is C29H29N3O5. The highest BCUT2D eigenvalue weighted by Gasteiger charge is 2.27. The second kappa shape index (κ2) is 10.7. The molecular weight excluding hydrogens is 470 g/mol. The van der Waals surface area contributed by atoms with Crippen molar-refractivity contribution in [2.24, 2.45) is 0 Å². The summed E-state index contributed by atoms with van der Waals surface area (Å²) in [5.74, 6) is 2.41. The maximum absolute atomic E-state index is 13.7. The Labute approximate surface area is 215 Å². The zero-order valence-electron chi connectivity index (χ0n) is 21.1. The second-order valence-electron chi connectivity index (χ2n) is 8.83. The topological polar surface area (TPSA) is 75.1 Å². The molecule has 1 unspecified atom stereocenters. The molecule has 0 saturated heterocycles. The third-order valence-electron chi connectivity index (χ3n) is 6.23. The normalized spacial score (nSPS) is 14.2. The number of methoxy groups -OCH3 is 2. The lowest BCUT2D eigenvalue weighted by Crippen LogP contribution is -2.41. The Bertz CT molecular complexity index is 1390. The number of carbonyl (C=O) groups is 1. The first-order chi connectivity index (χ1) is 18.1. The summed E-state index contributed by atoms with van der Waals surface area (Å²) in [5.41, 5.74) is 2.90. The van der Waals surface area contributed by atoms with E-state index < -0.39 is 0 Å². The lowest BCUT2D eigenvalue weighted by molar-refractivity contribution is 0.0521. The summed E-state index contributed by atoms with van der Waals surface area (Å²) in [6.45, 7) is 1.27. The molecule has 0 bridgehead atoms. The molecule has 0 spiro atoms. The van der Waals surface area contributed by atoms with Crippen molar-refractivity contribution >= 4 is 5.91 Å². The number of aromatic nitrogens is 2. The van der Waals surface area contributed by atoms with Crippen LogP contribution in [0.5, 0.6) is 23.0 Å². The van der Waals surface area contributed by atoms with Gasteiger partial charge in [-0.2, -0.15) is 5.10 Å². The third kappa shape index (κ3) is 5.23. The fourth-order valence-electron chi connectivity index (χ4n) is 4.37. The molecule has 0 fully saturated rings. The molecule has 1 aromatic heterocycles. The molecule has 4 aromatic rings. The third-order valence-corrected chi connectivity index (χ3v) is 6.23. The number of nitrogens with zero attached hydrogens (tertiary/aromatic N) is 3. The summed E-state index contributed by atoms with van der Waals surface area (Å²) >= 11 is 0. The molecule has 0 saturated carbocycles. The summed E-state index contributed by atoms with van der Waals surface area (Å²) < 4.78 is 24.6. The van der Waals surface area contributed by atoms with Crippen LogP contribution in [-0.4, -0.2) is 61.1 Å². The van der Waals surface area contributed by atoms with Gasteiger partial charge in [-0.1, -0.05) is 42.5 Å². The van der Waals surface area contributed by atoms with Gasteiger partial charge in [0.25, 0.3) is 5.91 Å². The van der Waals surface area contributed by atoms with Crippen molar-refractivity contribution in [3.05, 3.63) is 90.1 Å². The summed E-state index contributed by atoms with van der Waals surface area (Å²) in [7, 11) is 4.93. The van der Waals surface area contributed by atoms with Crippen LogP contribution < -0.4 is 18.9 Å². The van der Waals surface area contributed by atoms with E-state index in [-0.39, 0.29) is 12.0 Å². The number of carbonyl (C=O) groups excluding carboxylic acids is 1. The number of hydrogen-bond acceptors (Lipinski definition) is 6. The number of rotatable bonds is 8. The number of para-hydroxylation sites is 2. The number of amides is 1. The number of likely N-dealkylation sites (N-methyl/N-ethyl adjacent to an activating group) is 1. The highest BCUT2D eigenvalue weighted by atomic mass is 16.6. The fraction of sp³-hybridized carbons (Fsp3) is 0.241. The standard InChI is InChI=1S/C29H29N3O5/c1-31(17-22-19-36-25-11-7-8-12-26(25)37-22)29(33)23-18-32(16-20-9-5-4-6-10-20)30-28(23)21-13-14-24(34-2)27(15-21)35-3/h4-15,18,22H,16-17,19H2,1-3H3. The van der Waals surface area contributed by atoms with E-state index in [0.717, 1.165) is 11.1 Å². The molecule has 1 atom stereocenters. The first-order valence-electron chi connectivity index (χ1n) is 12.0. The van der Waals surface area contributed by atoms with Gasteiger partial charge in [-0.3, -0.25) is 9.48 Å². The zero-order chi connectivity index (χ0) is 25.8. The van der Waals surface area contributed by atoms with Crippen LogP contribution in [0.4, 0.5) is 0 Å². The predicted octanol–water partition coefficient (Wildman–Crippen LogP) is 4.53. The quantitative estimate of drug-likeness (QED) is 0.355. The molecule has 37 heavy (non-hydrogen) atoms. The van der Waals surface area contributed by atoms with Crippen molar-refractivity contribution in [1.29, 1.82) is 0 Å². The minimum Gasteiger partial charge on any atom is -0.493 e. The molecule has 8 nitrogen and oxygen atoms in total. The van der Waals surface area contributed by atoms with Crippen molar-refractivity contribution in [1.82, 2.24) is 14.7 Å². The van der Waals surface area contributed by atoms with Gasteiger partial charge in [0.2, 0.25) is 0 Å². The monoisotopic (exact) mass is 499 g/mol. The average Bonchev–Trinajstić information content (AvgIpc) is 3.36. The van der Waals surface area contributed by atoms with Crippen LogP contribution in [0.25, 0.3) is 11.3 Å². The van der Waals surface area contributed by atoms with E-state index in [4.69, 9.17) is 24.0 Å². The van der Waals surface area contributed by atoms with E-state index in [0.29, 0.717) is 54.0 Å². The van der Waals surface area contributed by atoms with E-state index in [9.17, 15) is 4.79 Å². The molecule has 190 valence electrons. The van der Waals surface area contributed by atoms with Gasteiger partial charge in [0.1, 0.15) is 12.3 Å². The highest BCUT2D eigenvalue weighted by molar-refractivity contribution is 5.99. The van der Waals surface area contributed by atoms with Crippen LogP contribution in [0, 0.1) is 0 Å². The van der Waals surface area contributed by atoms with E-state index in [1.165, 1.54) is 0 Å². The van der Waals surface area contributed by atoms with Gasteiger partial charge < -0.3 is 23.8 Å². The lowest BCUT2D eigenvalue weighted by atomic mass is 10.1. The lowest BCUT2D eigenvalue weighted by Gasteiger charge is -2.29. The Morgan fingerprint density at radius 2 is 1.73 bits per heavy atom. The van der Waals surface area contributed by atoms with Crippen LogP contribution in [0.2, 0.25) is 0 Å². The van der Waals surface area contributed by atoms with Crippen LogP contribution in [-0.2, 0) is 6.54 Å². The largest absolute Gasteiger partial charge is 0.493 e. The van der Waals surface area contributed by atoms with E-state index in [2.05, 4.69) is 0 Å². The molecule has 0 N–H and O–H groups in total. The first kappa shape index (κ1) is 24.2. The first-order valence-corrected chi connectivity index (χ1v) is 12.0. The van der Waals surface area contributed by atoms with E-state index in [1.807, 2.05) is 72.8 Å². The average molecular weight is 500 g/mol. The minimum atomic E-state index is -0.284. The molecule has 8 heteroatoms. The van der Waals surface area contributed by atoms with E-state index in [1.54, 1.807) is 37.0 Å². The Balaban J connectivity index is 1.43. The summed E-state index contributed by atoms with van der Waals surface area (Å²) in [5, 5.41) is 4.80. The number of ether oxygens (including phenoxy) is 4. The number of fused-ring (bicyclic) bond motifs is 1. The number of benzene rings is 3. The SMILES string of the molecule is COc1ccc(-c2nn(Cc3ccccc3)cc2C(=O)N(C)CC2COc3ccccc3O2)cc1OC. The minimum absolute atomic E-state index is 0.161. The van der Waals surface area contributed by atoms with Gasteiger partial charge in [-0.05, 0) is 35.9 Å². The van der Waals surface area contributed by atoms with Gasteiger partial charge in [0.15, 0.2) is 29.1 Å². The summed E-state index contributed by atoms with van der Waals surface area (Å²) in [6.07, 6.45) is 1.51. The maximum Gasteiger partial charge on any atom is 0.257 e.